The normalized spacial score (nSPS) is 14.1. The highest BCUT2D eigenvalue weighted by Gasteiger charge is 2.38. The number of pyridine rings is 1. The fourth-order valence-electron chi connectivity index (χ4n) is 11.4. The topological polar surface area (TPSA) is 405 Å². The molecule has 31 heteroatoms. The number of imide groups is 1. The highest BCUT2D eigenvalue weighted by molar-refractivity contribution is 6.19. The number of aromatic nitrogens is 2. The van der Waals surface area contributed by atoms with Gasteiger partial charge in [-0.3, -0.25) is 38.5 Å². The monoisotopic (exact) mass is 1410 g/mol. The maximum absolute atomic E-state index is 14.7. The van der Waals surface area contributed by atoms with Gasteiger partial charge < -0.3 is 85.7 Å². The van der Waals surface area contributed by atoms with Crippen LogP contribution in [0.25, 0.3) is 16.4 Å². The van der Waals surface area contributed by atoms with E-state index in [-0.39, 0.29) is 128 Å². The van der Waals surface area contributed by atoms with Gasteiger partial charge in [0.2, 0.25) is 5.91 Å². The van der Waals surface area contributed by atoms with Gasteiger partial charge in [0.1, 0.15) is 48.7 Å². The summed E-state index contributed by atoms with van der Waals surface area (Å²) in [6.45, 7) is 5.08. The molecule has 538 valence electrons. The Morgan fingerprint density at radius 2 is 1.54 bits per heavy atom. The van der Waals surface area contributed by atoms with Gasteiger partial charge in [0.15, 0.2) is 5.78 Å². The number of nitrogens with one attached hydrogen (secondary N) is 4. The van der Waals surface area contributed by atoms with Crippen molar-refractivity contribution in [3.05, 3.63) is 137 Å². The van der Waals surface area contributed by atoms with Crippen molar-refractivity contribution in [2.24, 2.45) is 23.3 Å². The number of carboxylic acids is 1. The van der Waals surface area contributed by atoms with Crippen LogP contribution in [-0.2, 0) is 44.8 Å². The summed E-state index contributed by atoms with van der Waals surface area (Å²) in [7, 11) is 1.48. The molecule has 0 fully saturated rings. The van der Waals surface area contributed by atoms with Crippen LogP contribution in [0.15, 0.2) is 109 Å². The van der Waals surface area contributed by atoms with Gasteiger partial charge in [-0.2, -0.15) is 0 Å². The van der Waals surface area contributed by atoms with E-state index in [2.05, 4.69) is 26.3 Å². The summed E-state index contributed by atoms with van der Waals surface area (Å²) in [5.41, 5.74) is 15.3. The number of carbonyl (C=O) groups excluding carboxylic acids is 10. The number of aliphatic carboxylic acids is 1. The number of carbonyl (C=O) groups is 11. The molecule has 10 amide bonds. The summed E-state index contributed by atoms with van der Waals surface area (Å²) >= 11 is 6.68. The number of halogens is 1. The quantitative estimate of drug-likeness (QED) is 0.0115. The zero-order chi connectivity index (χ0) is 72.9. The summed E-state index contributed by atoms with van der Waals surface area (Å²) in [4.78, 5) is 153. The zero-order valence-corrected chi connectivity index (χ0v) is 57.1. The lowest BCUT2D eigenvalue weighted by atomic mass is 9.89. The van der Waals surface area contributed by atoms with Crippen LogP contribution >= 0.6 is 11.6 Å². The number of likely N-dealkylation sites (N-methyl/N-ethyl adjacent to an activating group) is 1. The third-order valence-corrected chi connectivity index (χ3v) is 17.2. The lowest BCUT2D eigenvalue weighted by molar-refractivity contribution is -0.139. The number of urea groups is 1. The van der Waals surface area contributed by atoms with E-state index in [1.807, 2.05) is 19.1 Å². The highest BCUT2D eigenvalue weighted by Crippen LogP contribution is 2.47. The number of fused-ring (bicyclic) bond motifs is 4. The second-order valence-electron chi connectivity index (χ2n) is 24.5. The molecule has 4 aromatic carbocycles. The summed E-state index contributed by atoms with van der Waals surface area (Å²) in [5, 5.41) is 30.5. The van der Waals surface area contributed by atoms with Crippen molar-refractivity contribution >= 4 is 111 Å². The number of ether oxygens (including phenoxy) is 5. The maximum Gasteiger partial charge on any atom is 0.415 e. The fourth-order valence-corrected chi connectivity index (χ4v) is 11.7. The summed E-state index contributed by atoms with van der Waals surface area (Å²) in [5.74, 6) is -4.86. The number of carboxylic acid groups (broad SMARTS) is 1. The number of primary amides is 1. The number of aryl methyl sites for hydroxylation is 1. The predicted molar refractivity (Wildman–Crippen MR) is 371 cm³/mol. The number of amides is 10. The van der Waals surface area contributed by atoms with Gasteiger partial charge in [-0.1, -0.05) is 44.2 Å². The number of hydrogen-bond acceptors (Lipinski definition) is 19. The number of Topliss-reactive ketones (excluding diaryl/α,β-unsaturated/α-hetero) is 1. The van der Waals surface area contributed by atoms with Crippen molar-refractivity contribution in [1.82, 2.24) is 34.7 Å². The summed E-state index contributed by atoms with van der Waals surface area (Å²) in [6.07, 6.45) is 3.90. The number of anilines is 3. The molecule has 4 atom stereocenters. The third kappa shape index (κ3) is 20.9. The van der Waals surface area contributed by atoms with E-state index in [0.717, 1.165) is 33.6 Å². The smallest absolute Gasteiger partial charge is 0.415 e. The first-order valence-electron chi connectivity index (χ1n) is 32.8. The van der Waals surface area contributed by atoms with Gasteiger partial charge >= 0.3 is 30.3 Å². The third-order valence-electron chi connectivity index (χ3n) is 16.8. The molecular weight excluding hydrogens is 1330 g/mol. The van der Waals surface area contributed by atoms with Crippen molar-refractivity contribution in [2.75, 3.05) is 101 Å². The van der Waals surface area contributed by atoms with E-state index in [9.17, 15) is 57.8 Å². The lowest BCUT2D eigenvalue weighted by Gasteiger charge is -2.26. The molecule has 6 aromatic rings. The Morgan fingerprint density at radius 3 is 2.24 bits per heavy atom. The van der Waals surface area contributed by atoms with Gasteiger partial charge in [-0.15, -0.1) is 11.6 Å². The van der Waals surface area contributed by atoms with Gasteiger partial charge in [0, 0.05) is 111 Å². The van der Waals surface area contributed by atoms with Crippen molar-refractivity contribution in [3.63, 3.8) is 0 Å². The van der Waals surface area contributed by atoms with Gasteiger partial charge in [0.05, 0.1) is 43.8 Å². The molecular formula is C70H83ClN12O18. The molecule has 2 aromatic heterocycles. The summed E-state index contributed by atoms with van der Waals surface area (Å²) < 4.78 is 29.5. The Balaban J connectivity index is 0.887. The number of benzene rings is 4. The van der Waals surface area contributed by atoms with Crippen LogP contribution in [-0.4, -0.2) is 197 Å². The molecule has 2 aliphatic heterocycles. The highest BCUT2D eigenvalue weighted by atomic mass is 35.5. The first kappa shape index (κ1) is 76.1. The number of hydrogen-bond donors (Lipinski definition) is 8. The Labute approximate surface area is 586 Å². The maximum atomic E-state index is 14.7. The van der Waals surface area contributed by atoms with E-state index in [4.69, 9.17) is 51.9 Å². The van der Waals surface area contributed by atoms with Crippen molar-refractivity contribution < 1.29 is 86.6 Å². The van der Waals surface area contributed by atoms with Crippen LogP contribution in [0.1, 0.15) is 95.8 Å². The fraction of sp³-hybridized carbons (Fsp3) is 0.400. The van der Waals surface area contributed by atoms with E-state index in [1.165, 1.54) is 16.8 Å². The van der Waals surface area contributed by atoms with E-state index in [1.54, 1.807) is 108 Å². The number of alkyl halides is 1. The molecule has 0 saturated heterocycles. The Kier molecular flexibility index (Phi) is 27.4. The number of imidazole rings is 1. The molecule has 2 aliphatic rings. The van der Waals surface area contributed by atoms with Gasteiger partial charge in [-0.05, 0) is 116 Å². The molecule has 10 N–H and O–H groups in total. The van der Waals surface area contributed by atoms with E-state index >= 15 is 0 Å². The number of unbranched alkanes of at least 4 members (excludes halogenated alkanes) is 1. The van der Waals surface area contributed by atoms with Crippen molar-refractivity contribution in [1.29, 1.82) is 0 Å². The van der Waals surface area contributed by atoms with Gasteiger partial charge in [0.25, 0.3) is 23.6 Å². The predicted octanol–water partition coefficient (Wildman–Crippen LogP) is 6.71. The van der Waals surface area contributed by atoms with E-state index < -0.39 is 89.5 Å². The molecule has 0 unspecified atom stereocenters. The molecule has 0 aliphatic carbocycles. The number of nitrogens with two attached hydrogens (primary N) is 2. The molecule has 0 spiro atoms. The second-order valence-corrected chi connectivity index (χ2v) is 24.8. The number of nitrogens with zero attached hydrogens (tertiary/aromatic N) is 6. The van der Waals surface area contributed by atoms with E-state index in [0.29, 0.717) is 57.8 Å². The Hall–Kier alpha value is -10.7. The lowest BCUT2D eigenvalue weighted by Crippen LogP contribution is -2.46. The van der Waals surface area contributed by atoms with Crippen molar-refractivity contribution in [3.8, 4) is 11.5 Å². The largest absolute Gasteiger partial charge is 0.491 e. The Bertz CT molecular complexity index is 4020. The first-order valence-corrected chi connectivity index (χ1v) is 33.4. The van der Waals surface area contributed by atoms with Crippen LogP contribution in [0.3, 0.4) is 0 Å². The molecule has 0 radical (unpaired) electrons. The molecule has 4 heterocycles. The van der Waals surface area contributed by atoms with Crippen LogP contribution in [0.5, 0.6) is 11.5 Å². The number of alkyl carbamates (subject to hydrolysis) is 1. The molecule has 30 nitrogen and oxygen atoms in total. The molecule has 101 heavy (non-hydrogen) atoms. The molecule has 0 bridgehead atoms. The average Bonchev–Trinajstić information content (AvgIpc) is 1.62. The Morgan fingerprint density at radius 1 is 0.812 bits per heavy atom. The SMILES string of the molecule is Cc1cccc2c(OC(=O)N(CCCC[C@H](N)C(=O)O)CCN(C)C(=O)OCc3ccc(NC(=O)[C@H](CCCNC(N)=O)CC(=O)[C@@H](NC(=O)OCCOCCN4C(=O)C=CC4=O)C(C)C)cc3)cc3c(c12)[C@H](CCl)CN3C(=O)c1cn2cc(NC(=O)c3ccc(OCCO)cc3)ccc2n1. The number of ketones is 1. The molecule has 0 saturated carbocycles. The minimum Gasteiger partial charge on any atom is -0.491 e. The first-order chi connectivity index (χ1) is 48.4. The number of aliphatic hydroxyl groups is 1. The average molecular weight is 1420 g/mol. The number of rotatable bonds is 36. The number of aliphatic hydroxyl groups excluding tert-OH is 1. The zero-order valence-electron chi connectivity index (χ0n) is 56.4. The summed E-state index contributed by atoms with van der Waals surface area (Å²) in [6, 6.07) is 20.3. The minimum absolute atomic E-state index is 0.0118. The van der Waals surface area contributed by atoms with Crippen LogP contribution in [0, 0.1) is 18.8 Å². The second kappa shape index (κ2) is 36.4. The van der Waals surface area contributed by atoms with Crippen LogP contribution < -0.4 is 47.1 Å². The molecule has 8 rings (SSSR count). The minimum atomic E-state index is -1.17. The van der Waals surface area contributed by atoms with Gasteiger partial charge in [-0.25, -0.2) is 24.2 Å². The van der Waals surface area contributed by atoms with Crippen molar-refractivity contribution in [2.45, 2.75) is 83.9 Å². The van der Waals surface area contributed by atoms with Crippen LogP contribution in [0.4, 0.5) is 36.2 Å². The standard InChI is InChI=1S/C70H83ClN12O18/c1-42(2)62(78-68(94)99-34-33-97-31-29-82-58(86)23-24-59(82)87)55(85)35-46(10-8-25-74-67(73)93)64(89)75-48-17-13-44(14-18-48)41-100-69(95)79(4)27-28-80(26-6-5-12-52(72)66(91)92)70(96)101-56-36-54-61(60-43(3)9-7-11-51(56)60)47(37-71)38-83(54)65(90)53-40-81-39-49(19-22-57(81)77-53)76-63(88)45-15-20-50(21-16-45)98-32-30-84/h7,9,11,13-24,36,39-40,42,46-47,52,62,84H,5-6,8,10,12,25-35,37-38,41,72H2,1-4H3,(H,75,89)(H,76,88)(H,78,94)(H,91,92)(H3,73,74,93)/t46-,47-,52+,62+/m1/s1. The van der Waals surface area contributed by atoms with Crippen LogP contribution in [0.2, 0.25) is 0 Å².